The molecule has 0 saturated heterocycles. The first-order chi connectivity index (χ1) is 12.7. The van der Waals surface area contributed by atoms with Gasteiger partial charge in [-0.1, -0.05) is 37.1 Å². The standard InChI is InChI=1S/C20H22ClN3O2/c1-2-3-9-26-16-6-4-5-13(12-16)17-18-19(21)22-7-8-24(18)20(23-17)14-10-15(25)11-14/h4-8,12,14-15,25H,2-3,9-11H2,1H3. The summed E-state index contributed by atoms with van der Waals surface area (Å²) in [5.74, 6) is 2.01. The quantitative estimate of drug-likeness (QED) is 0.649. The average molecular weight is 372 g/mol. The van der Waals surface area contributed by atoms with Crippen molar-refractivity contribution in [2.75, 3.05) is 6.61 Å². The van der Waals surface area contributed by atoms with Gasteiger partial charge in [0.25, 0.3) is 0 Å². The second-order valence-electron chi connectivity index (χ2n) is 6.81. The zero-order valence-electron chi connectivity index (χ0n) is 14.7. The van der Waals surface area contributed by atoms with Crippen molar-refractivity contribution in [2.45, 2.75) is 44.6 Å². The van der Waals surface area contributed by atoms with Crippen LogP contribution in [0.4, 0.5) is 0 Å². The van der Waals surface area contributed by atoms with E-state index in [1.165, 1.54) is 0 Å². The van der Waals surface area contributed by atoms with Crippen molar-refractivity contribution in [3.63, 3.8) is 0 Å². The number of aliphatic hydroxyl groups excluding tert-OH is 1. The second kappa shape index (κ2) is 7.25. The van der Waals surface area contributed by atoms with Gasteiger partial charge in [0.1, 0.15) is 17.1 Å². The molecule has 1 N–H and O–H groups in total. The highest BCUT2D eigenvalue weighted by molar-refractivity contribution is 6.33. The molecule has 0 spiro atoms. The summed E-state index contributed by atoms with van der Waals surface area (Å²) in [6.07, 6.45) is 6.94. The molecule has 3 aromatic rings. The molecule has 4 rings (SSSR count). The largest absolute Gasteiger partial charge is 0.494 e. The van der Waals surface area contributed by atoms with Crippen LogP contribution in [0.25, 0.3) is 16.8 Å². The molecule has 26 heavy (non-hydrogen) atoms. The van der Waals surface area contributed by atoms with E-state index in [9.17, 15) is 5.11 Å². The predicted octanol–water partition coefficient (Wildman–Crippen LogP) is 4.47. The Morgan fingerprint density at radius 3 is 2.96 bits per heavy atom. The van der Waals surface area contributed by atoms with Gasteiger partial charge in [-0.25, -0.2) is 9.97 Å². The summed E-state index contributed by atoms with van der Waals surface area (Å²) in [5.41, 5.74) is 2.56. The fourth-order valence-corrected chi connectivity index (χ4v) is 3.62. The Bertz CT molecular complexity index is 919. The Kier molecular flexibility index (Phi) is 4.83. The van der Waals surface area contributed by atoms with Gasteiger partial charge in [-0.2, -0.15) is 0 Å². The predicted molar refractivity (Wildman–Crippen MR) is 102 cm³/mol. The lowest BCUT2D eigenvalue weighted by Gasteiger charge is -2.30. The van der Waals surface area contributed by atoms with Gasteiger partial charge in [-0.15, -0.1) is 0 Å². The number of benzene rings is 1. The van der Waals surface area contributed by atoms with Crippen molar-refractivity contribution in [1.82, 2.24) is 14.4 Å². The van der Waals surface area contributed by atoms with Crippen LogP contribution in [-0.4, -0.2) is 32.2 Å². The number of hydrogen-bond acceptors (Lipinski definition) is 4. The summed E-state index contributed by atoms with van der Waals surface area (Å²) < 4.78 is 7.84. The fourth-order valence-electron chi connectivity index (χ4n) is 3.38. The third-order valence-corrected chi connectivity index (χ3v) is 5.17. The number of rotatable bonds is 6. The van der Waals surface area contributed by atoms with E-state index >= 15 is 0 Å². The van der Waals surface area contributed by atoms with E-state index in [0.717, 1.165) is 54.0 Å². The Morgan fingerprint density at radius 1 is 1.35 bits per heavy atom. The lowest BCUT2D eigenvalue weighted by Crippen LogP contribution is -2.27. The normalized spacial score (nSPS) is 19.5. The Morgan fingerprint density at radius 2 is 2.19 bits per heavy atom. The Hall–Kier alpha value is -2.11. The minimum Gasteiger partial charge on any atom is -0.494 e. The van der Waals surface area contributed by atoms with E-state index in [2.05, 4.69) is 11.9 Å². The average Bonchev–Trinajstić information content (AvgIpc) is 3.00. The number of aromatic nitrogens is 3. The lowest BCUT2D eigenvalue weighted by molar-refractivity contribution is 0.0715. The minimum absolute atomic E-state index is 0.233. The molecule has 1 aliphatic carbocycles. The summed E-state index contributed by atoms with van der Waals surface area (Å²) >= 11 is 6.41. The van der Waals surface area contributed by atoms with E-state index in [1.807, 2.05) is 34.9 Å². The van der Waals surface area contributed by atoms with Crippen LogP contribution >= 0.6 is 11.6 Å². The smallest absolute Gasteiger partial charge is 0.155 e. The number of ether oxygens (including phenoxy) is 1. The SMILES string of the molecule is CCCCOc1cccc(-c2nc(C3CC(O)C3)n3ccnc(Cl)c23)c1. The maximum Gasteiger partial charge on any atom is 0.155 e. The van der Waals surface area contributed by atoms with Gasteiger partial charge >= 0.3 is 0 Å². The summed E-state index contributed by atoms with van der Waals surface area (Å²) in [6.45, 7) is 2.85. The lowest BCUT2D eigenvalue weighted by atomic mass is 9.82. The van der Waals surface area contributed by atoms with Crippen LogP contribution in [-0.2, 0) is 0 Å². The Balaban J connectivity index is 1.75. The van der Waals surface area contributed by atoms with E-state index in [0.29, 0.717) is 11.8 Å². The molecule has 0 radical (unpaired) electrons. The number of halogens is 1. The molecule has 136 valence electrons. The van der Waals surface area contributed by atoms with Gasteiger partial charge < -0.3 is 9.84 Å². The zero-order chi connectivity index (χ0) is 18.1. The summed E-state index contributed by atoms with van der Waals surface area (Å²) in [7, 11) is 0. The molecule has 1 fully saturated rings. The highest BCUT2D eigenvalue weighted by Crippen LogP contribution is 2.40. The molecular formula is C20H22ClN3O2. The minimum atomic E-state index is -0.233. The molecule has 0 bridgehead atoms. The van der Waals surface area contributed by atoms with Crippen molar-refractivity contribution >= 4 is 17.1 Å². The highest BCUT2D eigenvalue weighted by Gasteiger charge is 2.33. The van der Waals surface area contributed by atoms with E-state index in [4.69, 9.17) is 21.3 Å². The van der Waals surface area contributed by atoms with Crippen LogP contribution in [0.2, 0.25) is 5.15 Å². The van der Waals surface area contributed by atoms with Crippen molar-refractivity contribution in [2.24, 2.45) is 0 Å². The number of fused-ring (bicyclic) bond motifs is 1. The molecule has 0 aliphatic heterocycles. The number of unbranched alkanes of at least 4 members (excludes halogenated alkanes) is 1. The van der Waals surface area contributed by atoms with E-state index in [1.54, 1.807) is 6.20 Å². The maximum absolute atomic E-state index is 9.68. The van der Waals surface area contributed by atoms with Crippen LogP contribution in [0.5, 0.6) is 5.75 Å². The second-order valence-corrected chi connectivity index (χ2v) is 7.17. The van der Waals surface area contributed by atoms with Gasteiger partial charge in [0.05, 0.1) is 18.4 Å². The van der Waals surface area contributed by atoms with Gasteiger partial charge in [0, 0.05) is 23.9 Å². The number of nitrogens with zero attached hydrogens (tertiary/aromatic N) is 3. The van der Waals surface area contributed by atoms with Crippen LogP contribution in [0.3, 0.4) is 0 Å². The molecule has 0 amide bonds. The fraction of sp³-hybridized carbons (Fsp3) is 0.400. The van der Waals surface area contributed by atoms with Crippen LogP contribution in [0.15, 0.2) is 36.7 Å². The van der Waals surface area contributed by atoms with Gasteiger partial charge in [0.2, 0.25) is 0 Å². The first-order valence-electron chi connectivity index (χ1n) is 9.11. The molecule has 1 aromatic carbocycles. The van der Waals surface area contributed by atoms with Crippen LogP contribution in [0.1, 0.15) is 44.3 Å². The summed E-state index contributed by atoms with van der Waals surface area (Å²) in [6, 6.07) is 7.94. The highest BCUT2D eigenvalue weighted by atomic mass is 35.5. The van der Waals surface area contributed by atoms with Crippen molar-refractivity contribution in [3.8, 4) is 17.0 Å². The monoisotopic (exact) mass is 371 g/mol. The van der Waals surface area contributed by atoms with Crippen LogP contribution in [0, 0.1) is 0 Å². The molecule has 0 atom stereocenters. The van der Waals surface area contributed by atoms with E-state index < -0.39 is 0 Å². The van der Waals surface area contributed by atoms with Gasteiger partial charge in [0.15, 0.2) is 5.15 Å². The molecule has 5 nitrogen and oxygen atoms in total. The van der Waals surface area contributed by atoms with Crippen molar-refractivity contribution in [3.05, 3.63) is 47.6 Å². The van der Waals surface area contributed by atoms with E-state index in [-0.39, 0.29) is 12.0 Å². The summed E-state index contributed by atoms with van der Waals surface area (Å²) in [4.78, 5) is 9.12. The number of aliphatic hydroxyl groups is 1. The zero-order valence-corrected chi connectivity index (χ0v) is 15.5. The van der Waals surface area contributed by atoms with Crippen LogP contribution < -0.4 is 4.74 Å². The third-order valence-electron chi connectivity index (χ3n) is 4.89. The first kappa shape index (κ1) is 17.3. The number of hydrogen-bond donors (Lipinski definition) is 1. The topological polar surface area (TPSA) is 59.7 Å². The summed E-state index contributed by atoms with van der Waals surface area (Å²) in [5, 5.41) is 10.1. The molecule has 2 aromatic heterocycles. The van der Waals surface area contributed by atoms with Crippen molar-refractivity contribution < 1.29 is 9.84 Å². The first-order valence-corrected chi connectivity index (χ1v) is 9.49. The molecule has 1 aliphatic rings. The molecule has 1 saturated carbocycles. The van der Waals surface area contributed by atoms with Crippen molar-refractivity contribution in [1.29, 1.82) is 0 Å². The molecule has 6 heteroatoms. The Labute approximate surface area is 157 Å². The third kappa shape index (κ3) is 3.17. The molecular weight excluding hydrogens is 350 g/mol. The van der Waals surface area contributed by atoms with Gasteiger partial charge in [-0.05, 0) is 31.4 Å². The molecule has 2 heterocycles. The van der Waals surface area contributed by atoms with Gasteiger partial charge in [-0.3, -0.25) is 4.40 Å². The molecule has 0 unspecified atom stereocenters. The number of imidazole rings is 1. The maximum atomic E-state index is 9.68.